The van der Waals surface area contributed by atoms with E-state index in [1.165, 1.54) is 11.1 Å². The van der Waals surface area contributed by atoms with Crippen LogP contribution in [0.3, 0.4) is 0 Å². The quantitative estimate of drug-likeness (QED) is 0.776. The van der Waals surface area contributed by atoms with E-state index in [1.807, 2.05) is 12.1 Å². The van der Waals surface area contributed by atoms with Crippen LogP contribution in [-0.2, 0) is 4.74 Å². The summed E-state index contributed by atoms with van der Waals surface area (Å²) in [5.74, 6) is 0.929. The molecule has 1 aromatic rings. The molecule has 1 aliphatic heterocycles. The molecule has 1 saturated heterocycles. The van der Waals surface area contributed by atoms with E-state index in [1.54, 1.807) is 0 Å². The molecular weight excluding hydrogens is 244 g/mol. The average Bonchev–Trinajstić information content (AvgIpc) is 2.94. The molecule has 0 N–H and O–H groups in total. The molecule has 0 aliphatic carbocycles. The van der Waals surface area contributed by atoms with Gasteiger partial charge in [0.15, 0.2) is 0 Å². The Hall–Kier alpha value is -0.540. The Morgan fingerprint density at radius 1 is 1.43 bits per heavy atom. The summed E-state index contributed by atoms with van der Waals surface area (Å²) in [6, 6.07) is 4.08. The summed E-state index contributed by atoms with van der Waals surface area (Å²) in [5, 5.41) is 0. The highest BCUT2D eigenvalue weighted by atomic mass is 79.9. The third-order valence-electron chi connectivity index (χ3n) is 2.25. The second kappa shape index (κ2) is 3.91. The van der Waals surface area contributed by atoms with E-state index in [0.717, 1.165) is 16.8 Å². The zero-order valence-corrected chi connectivity index (χ0v) is 9.93. The van der Waals surface area contributed by atoms with Crippen molar-refractivity contribution in [3.63, 3.8) is 0 Å². The minimum absolute atomic E-state index is 0.319. The maximum Gasteiger partial charge on any atom is 0.120 e. The van der Waals surface area contributed by atoms with E-state index in [-0.39, 0.29) is 0 Å². The molecule has 2 rings (SSSR count). The van der Waals surface area contributed by atoms with E-state index < -0.39 is 0 Å². The van der Waals surface area contributed by atoms with Gasteiger partial charge in [-0.3, -0.25) is 0 Å². The number of benzene rings is 1. The molecule has 0 radical (unpaired) electrons. The van der Waals surface area contributed by atoms with E-state index in [4.69, 9.17) is 9.47 Å². The molecule has 1 heterocycles. The van der Waals surface area contributed by atoms with Crippen molar-refractivity contribution in [2.75, 3.05) is 13.2 Å². The SMILES string of the molecule is Cc1cc(OC[C@H]2CO2)cc(C)c1Br. The van der Waals surface area contributed by atoms with Crippen LogP contribution >= 0.6 is 15.9 Å². The van der Waals surface area contributed by atoms with Gasteiger partial charge in [-0.25, -0.2) is 0 Å². The molecule has 3 heteroatoms. The Balaban J connectivity index is 2.08. The van der Waals surface area contributed by atoms with Crippen molar-refractivity contribution >= 4 is 15.9 Å². The third-order valence-corrected chi connectivity index (χ3v) is 3.50. The van der Waals surface area contributed by atoms with Gasteiger partial charge in [0.05, 0.1) is 6.61 Å². The van der Waals surface area contributed by atoms with Crippen molar-refractivity contribution in [3.8, 4) is 5.75 Å². The fraction of sp³-hybridized carbons (Fsp3) is 0.455. The van der Waals surface area contributed by atoms with Gasteiger partial charge in [0, 0.05) is 4.47 Å². The minimum atomic E-state index is 0.319. The van der Waals surface area contributed by atoms with Crippen LogP contribution < -0.4 is 4.74 Å². The van der Waals surface area contributed by atoms with Crippen molar-refractivity contribution in [1.29, 1.82) is 0 Å². The van der Waals surface area contributed by atoms with Crippen molar-refractivity contribution in [2.24, 2.45) is 0 Å². The van der Waals surface area contributed by atoms with Crippen molar-refractivity contribution in [1.82, 2.24) is 0 Å². The summed E-state index contributed by atoms with van der Waals surface area (Å²) in [6.07, 6.45) is 0.319. The second-order valence-electron chi connectivity index (χ2n) is 3.64. The predicted octanol–water partition coefficient (Wildman–Crippen LogP) is 2.84. The van der Waals surface area contributed by atoms with Gasteiger partial charge in [0.1, 0.15) is 18.5 Å². The van der Waals surface area contributed by atoms with Crippen LogP contribution in [0.2, 0.25) is 0 Å². The first kappa shape index (κ1) is 9.99. The molecule has 0 unspecified atom stereocenters. The number of hydrogen-bond acceptors (Lipinski definition) is 2. The Bertz CT molecular complexity index is 322. The largest absolute Gasteiger partial charge is 0.491 e. The highest BCUT2D eigenvalue weighted by Crippen LogP contribution is 2.26. The first-order chi connectivity index (χ1) is 6.66. The molecule has 0 saturated carbocycles. The zero-order valence-electron chi connectivity index (χ0n) is 8.34. The fourth-order valence-corrected chi connectivity index (χ4v) is 1.57. The Labute approximate surface area is 92.3 Å². The molecule has 14 heavy (non-hydrogen) atoms. The Morgan fingerprint density at radius 2 is 2.00 bits per heavy atom. The molecule has 1 fully saturated rings. The standard InChI is InChI=1S/C11H13BrO2/c1-7-3-9(4-8(2)11(7)12)13-5-10-6-14-10/h3-4,10H,5-6H2,1-2H3/t10-/m0/s1. The summed E-state index contributed by atoms with van der Waals surface area (Å²) >= 11 is 3.53. The zero-order chi connectivity index (χ0) is 10.1. The topological polar surface area (TPSA) is 21.8 Å². The van der Waals surface area contributed by atoms with Gasteiger partial charge in [0.2, 0.25) is 0 Å². The lowest BCUT2D eigenvalue weighted by atomic mass is 10.1. The average molecular weight is 257 g/mol. The number of epoxide rings is 1. The van der Waals surface area contributed by atoms with Gasteiger partial charge in [-0.05, 0) is 37.1 Å². The molecule has 1 aliphatic rings. The van der Waals surface area contributed by atoms with Crippen molar-refractivity contribution < 1.29 is 9.47 Å². The molecule has 0 amide bonds. The van der Waals surface area contributed by atoms with E-state index in [2.05, 4.69) is 29.8 Å². The first-order valence-electron chi connectivity index (χ1n) is 4.68. The van der Waals surface area contributed by atoms with Crippen LogP contribution in [-0.4, -0.2) is 19.3 Å². The van der Waals surface area contributed by atoms with Crippen molar-refractivity contribution in [2.45, 2.75) is 20.0 Å². The summed E-state index contributed by atoms with van der Waals surface area (Å²) in [5.41, 5.74) is 2.41. The summed E-state index contributed by atoms with van der Waals surface area (Å²) in [7, 11) is 0. The highest BCUT2D eigenvalue weighted by Gasteiger charge is 2.23. The van der Waals surface area contributed by atoms with E-state index in [0.29, 0.717) is 12.7 Å². The molecule has 76 valence electrons. The molecule has 1 aromatic carbocycles. The summed E-state index contributed by atoms with van der Waals surface area (Å²) in [4.78, 5) is 0. The Morgan fingerprint density at radius 3 is 2.50 bits per heavy atom. The first-order valence-corrected chi connectivity index (χ1v) is 5.47. The van der Waals surface area contributed by atoms with Crippen LogP contribution in [0, 0.1) is 13.8 Å². The number of rotatable bonds is 3. The molecule has 2 nitrogen and oxygen atoms in total. The van der Waals surface area contributed by atoms with E-state index >= 15 is 0 Å². The molecular formula is C11H13BrO2. The van der Waals surface area contributed by atoms with Gasteiger partial charge in [-0.1, -0.05) is 15.9 Å². The van der Waals surface area contributed by atoms with Crippen LogP contribution in [0.25, 0.3) is 0 Å². The fourth-order valence-electron chi connectivity index (χ4n) is 1.34. The number of halogens is 1. The van der Waals surface area contributed by atoms with Gasteiger partial charge >= 0.3 is 0 Å². The van der Waals surface area contributed by atoms with Crippen LogP contribution in [0.15, 0.2) is 16.6 Å². The van der Waals surface area contributed by atoms with Gasteiger partial charge in [-0.15, -0.1) is 0 Å². The lowest BCUT2D eigenvalue weighted by molar-refractivity contribution is 0.263. The van der Waals surface area contributed by atoms with Crippen molar-refractivity contribution in [3.05, 3.63) is 27.7 Å². The monoisotopic (exact) mass is 256 g/mol. The lowest BCUT2D eigenvalue weighted by Gasteiger charge is -2.08. The summed E-state index contributed by atoms with van der Waals surface area (Å²) in [6.45, 7) is 5.64. The Kier molecular flexibility index (Phi) is 2.79. The number of aryl methyl sites for hydroxylation is 2. The van der Waals surface area contributed by atoms with E-state index in [9.17, 15) is 0 Å². The molecule has 1 atom stereocenters. The maximum absolute atomic E-state index is 5.60. The number of hydrogen-bond donors (Lipinski definition) is 0. The minimum Gasteiger partial charge on any atom is -0.491 e. The predicted molar refractivity (Wildman–Crippen MR) is 58.9 cm³/mol. The number of ether oxygens (including phenoxy) is 2. The van der Waals surface area contributed by atoms with Crippen LogP contribution in [0.1, 0.15) is 11.1 Å². The summed E-state index contributed by atoms with van der Waals surface area (Å²) < 4.78 is 11.8. The smallest absolute Gasteiger partial charge is 0.120 e. The highest BCUT2D eigenvalue weighted by molar-refractivity contribution is 9.10. The van der Waals surface area contributed by atoms with Crippen LogP contribution in [0.4, 0.5) is 0 Å². The van der Waals surface area contributed by atoms with Gasteiger partial charge in [0.25, 0.3) is 0 Å². The second-order valence-corrected chi connectivity index (χ2v) is 4.43. The molecule has 0 aromatic heterocycles. The lowest BCUT2D eigenvalue weighted by Crippen LogP contribution is -2.04. The molecule has 0 spiro atoms. The normalized spacial score (nSPS) is 19.5. The molecule has 0 bridgehead atoms. The van der Waals surface area contributed by atoms with Gasteiger partial charge in [-0.2, -0.15) is 0 Å². The van der Waals surface area contributed by atoms with Crippen LogP contribution in [0.5, 0.6) is 5.75 Å². The third kappa shape index (κ3) is 2.28. The maximum atomic E-state index is 5.60. The van der Waals surface area contributed by atoms with Gasteiger partial charge < -0.3 is 9.47 Å².